The van der Waals surface area contributed by atoms with Gasteiger partial charge in [-0.1, -0.05) is 41.2 Å². The molecule has 0 spiro atoms. The molecule has 0 bridgehead atoms. The Morgan fingerprint density at radius 3 is 2.36 bits per heavy atom. The Bertz CT molecular complexity index is 483. The molecule has 0 unspecified atom stereocenters. The lowest BCUT2D eigenvalue weighted by Gasteiger charge is -2.26. The van der Waals surface area contributed by atoms with Crippen LogP contribution in [0.15, 0.2) is 24.3 Å². The van der Waals surface area contributed by atoms with Gasteiger partial charge in [-0.25, -0.2) is 0 Å². The predicted molar refractivity (Wildman–Crippen MR) is 91.1 cm³/mol. The second kappa shape index (κ2) is 8.25. The van der Waals surface area contributed by atoms with Crippen molar-refractivity contribution in [3.05, 3.63) is 24.3 Å². The Balaban J connectivity index is 1.75. The van der Waals surface area contributed by atoms with Crippen LogP contribution in [0.5, 0.6) is 5.75 Å². The van der Waals surface area contributed by atoms with E-state index in [1.54, 1.807) is 24.3 Å². The molecular formula is C15H19Cl3N2O2. The van der Waals surface area contributed by atoms with Gasteiger partial charge in [-0.3, -0.25) is 9.69 Å². The molecule has 1 saturated heterocycles. The standard InChI is InChI=1S/C15H19Cl3N2O2/c16-15(17,18)14(21)19-12-4-6-13(7-5-12)22-11-10-20-8-2-1-3-9-20/h4-7H,1-3,8-11H2,(H,19,21). The third-order valence-corrected chi connectivity index (χ3v) is 4.01. The van der Waals surface area contributed by atoms with Crippen LogP contribution >= 0.6 is 34.8 Å². The van der Waals surface area contributed by atoms with Crippen molar-refractivity contribution >= 4 is 46.4 Å². The van der Waals surface area contributed by atoms with E-state index in [0.29, 0.717) is 12.3 Å². The molecule has 1 N–H and O–H groups in total. The van der Waals surface area contributed by atoms with Crippen LogP contribution in [0.4, 0.5) is 5.69 Å². The normalized spacial score (nSPS) is 16.3. The van der Waals surface area contributed by atoms with Crippen molar-refractivity contribution in [3.63, 3.8) is 0 Å². The van der Waals surface area contributed by atoms with Crippen molar-refractivity contribution < 1.29 is 9.53 Å². The molecule has 0 saturated carbocycles. The number of benzene rings is 1. The predicted octanol–water partition coefficient (Wildman–Crippen LogP) is 3.86. The Morgan fingerprint density at radius 2 is 1.77 bits per heavy atom. The average Bonchev–Trinajstić information content (AvgIpc) is 2.49. The summed E-state index contributed by atoms with van der Waals surface area (Å²) in [5.41, 5.74) is 0.555. The molecule has 1 aliphatic heterocycles. The fourth-order valence-corrected chi connectivity index (χ4v) is 2.45. The second-order valence-electron chi connectivity index (χ2n) is 5.23. The molecule has 1 aromatic carbocycles. The Kier molecular flexibility index (Phi) is 6.63. The number of nitrogens with one attached hydrogen (secondary N) is 1. The number of alkyl halides is 3. The number of nitrogens with zero attached hydrogens (tertiary/aromatic N) is 1. The Morgan fingerprint density at radius 1 is 1.14 bits per heavy atom. The maximum absolute atomic E-state index is 11.5. The SMILES string of the molecule is O=C(Nc1ccc(OCCN2CCCCC2)cc1)C(Cl)(Cl)Cl. The zero-order chi connectivity index (χ0) is 16.0. The highest BCUT2D eigenvalue weighted by molar-refractivity contribution is 6.76. The minimum absolute atomic E-state index is 0.555. The summed E-state index contributed by atoms with van der Waals surface area (Å²) < 4.78 is 3.73. The summed E-state index contributed by atoms with van der Waals surface area (Å²) in [6.07, 6.45) is 3.88. The van der Waals surface area contributed by atoms with E-state index in [0.717, 1.165) is 25.4 Å². The number of likely N-dealkylation sites (tertiary alicyclic amines) is 1. The van der Waals surface area contributed by atoms with Gasteiger partial charge >= 0.3 is 0 Å². The van der Waals surface area contributed by atoms with Gasteiger partial charge in [0.05, 0.1) is 0 Å². The number of ether oxygens (including phenoxy) is 1. The molecule has 1 heterocycles. The number of piperidine rings is 1. The van der Waals surface area contributed by atoms with Crippen LogP contribution in [0.3, 0.4) is 0 Å². The molecule has 7 heteroatoms. The van der Waals surface area contributed by atoms with E-state index in [4.69, 9.17) is 39.5 Å². The molecule has 0 aliphatic carbocycles. The summed E-state index contributed by atoms with van der Waals surface area (Å²) in [7, 11) is 0. The van der Waals surface area contributed by atoms with E-state index in [-0.39, 0.29) is 0 Å². The number of rotatable bonds is 5. The summed E-state index contributed by atoms with van der Waals surface area (Å²) >= 11 is 16.5. The summed E-state index contributed by atoms with van der Waals surface area (Å²) in [5, 5.41) is 2.52. The number of amides is 1. The first-order chi connectivity index (χ1) is 10.4. The molecule has 22 heavy (non-hydrogen) atoms. The van der Waals surface area contributed by atoms with E-state index in [9.17, 15) is 4.79 Å². The first-order valence-corrected chi connectivity index (χ1v) is 8.42. The van der Waals surface area contributed by atoms with Crippen LogP contribution in [0.25, 0.3) is 0 Å². The number of anilines is 1. The van der Waals surface area contributed by atoms with E-state index in [1.165, 1.54) is 19.3 Å². The lowest BCUT2D eigenvalue weighted by Crippen LogP contribution is -2.33. The highest BCUT2D eigenvalue weighted by Gasteiger charge is 2.30. The highest BCUT2D eigenvalue weighted by atomic mass is 35.6. The molecule has 1 fully saturated rings. The number of hydrogen-bond donors (Lipinski definition) is 1. The molecule has 0 radical (unpaired) electrons. The van der Waals surface area contributed by atoms with Crippen LogP contribution < -0.4 is 10.1 Å². The molecule has 1 aromatic rings. The zero-order valence-electron chi connectivity index (χ0n) is 12.2. The van der Waals surface area contributed by atoms with Gasteiger partial charge in [0.1, 0.15) is 12.4 Å². The third-order valence-electron chi connectivity index (χ3n) is 3.49. The number of halogens is 3. The van der Waals surface area contributed by atoms with Crippen molar-refractivity contribution in [1.29, 1.82) is 0 Å². The number of hydrogen-bond acceptors (Lipinski definition) is 3. The minimum atomic E-state index is -1.97. The van der Waals surface area contributed by atoms with Gasteiger partial charge in [0.15, 0.2) is 0 Å². The van der Waals surface area contributed by atoms with Crippen molar-refractivity contribution in [2.75, 3.05) is 31.6 Å². The lowest BCUT2D eigenvalue weighted by molar-refractivity contribution is -0.115. The van der Waals surface area contributed by atoms with Crippen molar-refractivity contribution in [3.8, 4) is 5.75 Å². The maximum Gasteiger partial charge on any atom is 0.276 e. The van der Waals surface area contributed by atoms with Crippen LogP contribution in [-0.4, -0.2) is 40.8 Å². The molecular weight excluding hydrogens is 347 g/mol. The van der Waals surface area contributed by atoms with Gasteiger partial charge in [0, 0.05) is 12.2 Å². The van der Waals surface area contributed by atoms with Crippen molar-refractivity contribution in [2.45, 2.75) is 23.1 Å². The Labute approximate surface area is 145 Å². The fourth-order valence-electron chi connectivity index (χ4n) is 2.31. The molecule has 0 atom stereocenters. The maximum atomic E-state index is 11.5. The minimum Gasteiger partial charge on any atom is -0.492 e. The van der Waals surface area contributed by atoms with Crippen molar-refractivity contribution in [2.24, 2.45) is 0 Å². The topological polar surface area (TPSA) is 41.6 Å². The monoisotopic (exact) mass is 364 g/mol. The van der Waals surface area contributed by atoms with Gasteiger partial charge in [0.2, 0.25) is 0 Å². The molecule has 122 valence electrons. The first kappa shape index (κ1) is 17.7. The lowest BCUT2D eigenvalue weighted by atomic mass is 10.1. The van der Waals surface area contributed by atoms with Gasteiger partial charge in [-0.2, -0.15) is 0 Å². The van der Waals surface area contributed by atoms with E-state index >= 15 is 0 Å². The number of carbonyl (C=O) groups is 1. The van der Waals surface area contributed by atoms with Crippen molar-refractivity contribution in [1.82, 2.24) is 4.90 Å². The molecule has 4 nitrogen and oxygen atoms in total. The van der Waals surface area contributed by atoms with E-state index in [1.807, 2.05) is 0 Å². The largest absolute Gasteiger partial charge is 0.492 e. The molecule has 0 aromatic heterocycles. The molecule has 1 aliphatic rings. The summed E-state index contributed by atoms with van der Waals surface area (Å²) in [4.78, 5) is 13.9. The highest BCUT2D eigenvalue weighted by Crippen LogP contribution is 2.28. The second-order valence-corrected chi connectivity index (χ2v) is 7.51. The van der Waals surface area contributed by atoms with Gasteiger partial charge in [-0.15, -0.1) is 0 Å². The van der Waals surface area contributed by atoms with Gasteiger partial charge < -0.3 is 10.1 Å². The Hall–Kier alpha value is -0.680. The smallest absolute Gasteiger partial charge is 0.276 e. The molecule has 1 amide bonds. The van der Waals surface area contributed by atoms with Crippen LogP contribution in [0.2, 0.25) is 0 Å². The summed E-state index contributed by atoms with van der Waals surface area (Å²) in [6, 6.07) is 6.99. The van der Waals surface area contributed by atoms with E-state index in [2.05, 4.69) is 10.2 Å². The zero-order valence-corrected chi connectivity index (χ0v) is 14.4. The summed E-state index contributed by atoms with van der Waals surface area (Å²) in [5.74, 6) is 0.0696. The quantitative estimate of drug-likeness (QED) is 0.806. The van der Waals surface area contributed by atoms with Crippen LogP contribution in [0, 0.1) is 0 Å². The van der Waals surface area contributed by atoms with Gasteiger partial charge in [-0.05, 0) is 50.2 Å². The van der Waals surface area contributed by atoms with E-state index < -0.39 is 9.70 Å². The van der Waals surface area contributed by atoms with Gasteiger partial charge in [0.25, 0.3) is 9.70 Å². The number of carbonyl (C=O) groups excluding carboxylic acids is 1. The summed E-state index contributed by atoms with van der Waals surface area (Å²) in [6.45, 7) is 3.91. The third kappa shape index (κ3) is 5.84. The molecule has 2 rings (SSSR count). The first-order valence-electron chi connectivity index (χ1n) is 7.28. The van der Waals surface area contributed by atoms with Crippen LogP contribution in [0.1, 0.15) is 19.3 Å². The van der Waals surface area contributed by atoms with Crippen LogP contribution in [-0.2, 0) is 4.79 Å². The average molecular weight is 366 g/mol. The fraction of sp³-hybridized carbons (Fsp3) is 0.533.